The molecule has 8 heteroatoms. The fourth-order valence-corrected chi connectivity index (χ4v) is 2.25. The first-order valence-corrected chi connectivity index (χ1v) is 7.15. The van der Waals surface area contributed by atoms with Gasteiger partial charge in [0.15, 0.2) is 0 Å². The van der Waals surface area contributed by atoms with E-state index in [1.807, 2.05) is 0 Å². The number of halogens is 5. The lowest BCUT2D eigenvalue weighted by Crippen LogP contribution is -2.29. The van der Waals surface area contributed by atoms with Crippen molar-refractivity contribution in [3.63, 3.8) is 0 Å². The molecule has 0 saturated heterocycles. The van der Waals surface area contributed by atoms with Gasteiger partial charge in [0.2, 0.25) is 0 Å². The van der Waals surface area contributed by atoms with Crippen LogP contribution in [0.4, 0.5) is 17.6 Å². The molecular weight excluding hydrogens is 350 g/mol. The molecule has 0 fully saturated rings. The smallest absolute Gasteiger partial charge is 0.387 e. The van der Waals surface area contributed by atoms with Crippen molar-refractivity contribution in [2.75, 3.05) is 6.54 Å². The summed E-state index contributed by atoms with van der Waals surface area (Å²) in [6.07, 6.45) is -5.72. The van der Waals surface area contributed by atoms with Gasteiger partial charge in [-0.15, -0.1) is 0 Å². The first kappa shape index (κ1) is 18.2. The molecule has 3 nitrogen and oxygen atoms in total. The van der Waals surface area contributed by atoms with Gasteiger partial charge in [0, 0.05) is 6.54 Å². The summed E-state index contributed by atoms with van der Waals surface area (Å²) < 4.78 is 51.0. The number of carbonyl (C=O) groups excluding carboxylic acids is 1. The second kappa shape index (κ2) is 7.19. The third-order valence-electron chi connectivity index (χ3n) is 3.27. The highest BCUT2D eigenvalue weighted by Crippen LogP contribution is 2.29. The summed E-state index contributed by atoms with van der Waals surface area (Å²) in [6.45, 7) is -0.311. The number of carbonyl (C=O) groups is 1. The molecule has 0 bridgehead atoms. The molecule has 128 valence electrons. The van der Waals surface area contributed by atoms with Crippen molar-refractivity contribution in [1.29, 1.82) is 0 Å². The lowest BCUT2D eigenvalue weighted by atomic mass is 10.1. The molecule has 2 N–H and O–H groups in total. The Morgan fingerprint density at radius 1 is 1.17 bits per heavy atom. The number of alkyl halides is 3. The zero-order chi connectivity index (χ0) is 17.9. The van der Waals surface area contributed by atoms with Crippen molar-refractivity contribution in [2.45, 2.75) is 12.3 Å². The van der Waals surface area contributed by atoms with Crippen LogP contribution in [-0.2, 0) is 6.18 Å². The standard InChI is InChI=1S/C16H12ClF4NO2/c17-11-2-1-3-12(18)14(11)15(24)22-8-13(23)9-4-6-10(7-5-9)16(19,20)21/h1-7,13,23H,8H2,(H,22,24)/t13-/m0/s1. The summed E-state index contributed by atoms with van der Waals surface area (Å²) in [5, 5.41) is 12.1. The Balaban J connectivity index is 2.03. The summed E-state index contributed by atoms with van der Waals surface area (Å²) in [5.41, 5.74) is -1.03. The van der Waals surface area contributed by atoms with Crippen LogP contribution in [0.3, 0.4) is 0 Å². The topological polar surface area (TPSA) is 49.3 Å². The van der Waals surface area contributed by atoms with Crippen molar-refractivity contribution in [3.8, 4) is 0 Å². The Bertz CT molecular complexity index is 712. The van der Waals surface area contributed by atoms with Gasteiger partial charge in [-0.25, -0.2) is 4.39 Å². The predicted molar refractivity (Wildman–Crippen MR) is 80.1 cm³/mol. The quantitative estimate of drug-likeness (QED) is 0.810. The molecular formula is C16H12ClF4NO2. The number of nitrogens with one attached hydrogen (secondary N) is 1. The summed E-state index contributed by atoms with van der Waals surface area (Å²) >= 11 is 5.75. The van der Waals surface area contributed by atoms with E-state index in [1.165, 1.54) is 12.1 Å². The highest BCUT2D eigenvalue weighted by Gasteiger charge is 2.30. The number of aliphatic hydroxyl groups excluding tert-OH is 1. The first-order valence-electron chi connectivity index (χ1n) is 6.77. The minimum Gasteiger partial charge on any atom is -0.387 e. The Hall–Kier alpha value is -2.12. The second-order valence-corrected chi connectivity index (χ2v) is 5.35. The molecule has 0 radical (unpaired) electrons. The lowest BCUT2D eigenvalue weighted by molar-refractivity contribution is -0.137. The fourth-order valence-electron chi connectivity index (χ4n) is 2.00. The molecule has 2 aromatic rings. The van der Waals surface area contributed by atoms with Crippen LogP contribution in [0.1, 0.15) is 27.6 Å². The molecule has 24 heavy (non-hydrogen) atoms. The molecule has 0 heterocycles. The number of rotatable bonds is 4. The highest BCUT2D eigenvalue weighted by atomic mass is 35.5. The zero-order valence-electron chi connectivity index (χ0n) is 12.1. The summed E-state index contributed by atoms with van der Waals surface area (Å²) in [4.78, 5) is 11.9. The number of hydrogen-bond acceptors (Lipinski definition) is 2. The van der Waals surface area contributed by atoms with E-state index in [2.05, 4.69) is 5.32 Å². The maximum atomic E-state index is 13.6. The van der Waals surface area contributed by atoms with E-state index < -0.39 is 29.6 Å². The predicted octanol–water partition coefficient (Wildman–Crippen LogP) is 3.96. The molecule has 2 rings (SSSR count). The highest BCUT2D eigenvalue weighted by molar-refractivity contribution is 6.33. The summed E-state index contributed by atoms with van der Waals surface area (Å²) in [6, 6.07) is 7.61. The maximum absolute atomic E-state index is 13.6. The molecule has 0 unspecified atom stereocenters. The number of hydrogen-bond donors (Lipinski definition) is 2. The fraction of sp³-hybridized carbons (Fsp3) is 0.188. The molecule has 0 aliphatic rings. The number of benzene rings is 2. The Morgan fingerprint density at radius 3 is 2.33 bits per heavy atom. The van der Waals surface area contributed by atoms with Gasteiger partial charge in [-0.2, -0.15) is 13.2 Å². The minimum absolute atomic E-state index is 0.0866. The number of amides is 1. The van der Waals surface area contributed by atoms with Crippen molar-refractivity contribution >= 4 is 17.5 Å². The zero-order valence-corrected chi connectivity index (χ0v) is 12.8. The van der Waals surface area contributed by atoms with Crippen LogP contribution in [0.25, 0.3) is 0 Å². The van der Waals surface area contributed by atoms with E-state index in [-0.39, 0.29) is 22.7 Å². The monoisotopic (exact) mass is 361 g/mol. The van der Waals surface area contributed by atoms with Crippen molar-refractivity contribution in [2.24, 2.45) is 0 Å². The second-order valence-electron chi connectivity index (χ2n) is 4.94. The van der Waals surface area contributed by atoms with Gasteiger partial charge in [0.25, 0.3) is 5.91 Å². The molecule has 0 aliphatic heterocycles. The average molecular weight is 362 g/mol. The van der Waals surface area contributed by atoms with Crippen LogP contribution in [0, 0.1) is 5.82 Å². The van der Waals surface area contributed by atoms with E-state index in [9.17, 15) is 27.5 Å². The Labute approximate surface area is 139 Å². The molecule has 0 aliphatic carbocycles. The molecule has 0 aromatic heterocycles. The van der Waals surface area contributed by atoms with Gasteiger partial charge < -0.3 is 10.4 Å². The van der Waals surface area contributed by atoms with E-state index >= 15 is 0 Å². The van der Waals surface area contributed by atoms with Crippen LogP contribution in [0.5, 0.6) is 0 Å². The largest absolute Gasteiger partial charge is 0.416 e. The van der Waals surface area contributed by atoms with Crippen molar-refractivity contribution in [1.82, 2.24) is 5.32 Å². The average Bonchev–Trinajstić information content (AvgIpc) is 2.51. The maximum Gasteiger partial charge on any atom is 0.416 e. The van der Waals surface area contributed by atoms with Crippen LogP contribution in [0.15, 0.2) is 42.5 Å². The molecule has 0 spiro atoms. The van der Waals surface area contributed by atoms with Gasteiger partial charge in [-0.1, -0.05) is 29.8 Å². The van der Waals surface area contributed by atoms with Gasteiger partial charge in [-0.05, 0) is 29.8 Å². The first-order chi connectivity index (χ1) is 11.2. The van der Waals surface area contributed by atoms with E-state index in [1.54, 1.807) is 0 Å². The van der Waals surface area contributed by atoms with Crippen LogP contribution in [-0.4, -0.2) is 17.6 Å². The third-order valence-corrected chi connectivity index (χ3v) is 3.58. The van der Waals surface area contributed by atoms with Crippen LogP contribution in [0.2, 0.25) is 5.02 Å². The van der Waals surface area contributed by atoms with Gasteiger partial charge >= 0.3 is 6.18 Å². The molecule has 1 amide bonds. The summed E-state index contributed by atoms with van der Waals surface area (Å²) in [7, 11) is 0. The SMILES string of the molecule is O=C(NC[C@H](O)c1ccc(C(F)(F)F)cc1)c1c(F)cccc1Cl. The minimum atomic E-state index is -4.47. The number of aliphatic hydroxyl groups is 1. The van der Waals surface area contributed by atoms with Crippen LogP contribution < -0.4 is 5.32 Å². The van der Waals surface area contributed by atoms with E-state index in [0.29, 0.717) is 0 Å². The van der Waals surface area contributed by atoms with E-state index in [0.717, 1.165) is 30.3 Å². The third kappa shape index (κ3) is 4.24. The van der Waals surface area contributed by atoms with Crippen molar-refractivity contribution in [3.05, 3.63) is 70.0 Å². The molecule has 1 atom stereocenters. The lowest BCUT2D eigenvalue weighted by Gasteiger charge is -2.14. The Kier molecular flexibility index (Phi) is 5.46. The van der Waals surface area contributed by atoms with Crippen molar-refractivity contribution < 1.29 is 27.5 Å². The van der Waals surface area contributed by atoms with Gasteiger partial charge in [-0.3, -0.25) is 4.79 Å². The normalized spacial score (nSPS) is 12.8. The Morgan fingerprint density at radius 2 is 1.79 bits per heavy atom. The molecule has 2 aromatic carbocycles. The van der Waals surface area contributed by atoms with Gasteiger partial charge in [0.1, 0.15) is 5.82 Å². The van der Waals surface area contributed by atoms with E-state index in [4.69, 9.17) is 11.6 Å². The summed E-state index contributed by atoms with van der Waals surface area (Å²) in [5.74, 6) is -1.65. The van der Waals surface area contributed by atoms with Crippen LogP contribution >= 0.6 is 11.6 Å². The molecule has 0 saturated carbocycles. The van der Waals surface area contributed by atoms with Gasteiger partial charge in [0.05, 0.1) is 22.3 Å².